The Morgan fingerprint density at radius 1 is 1.23 bits per heavy atom. The SMILES string of the molecule is CC(=O)NCC1=c2ccc(O)cc2=COC1c1ccccc1. The van der Waals surface area contributed by atoms with E-state index in [9.17, 15) is 9.90 Å². The number of phenolic OH excluding ortho intramolecular Hbond substituents is 1. The van der Waals surface area contributed by atoms with Crippen molar-refractivity contribution in [2.45, 2.75) is 13.0 Å². The number of phenols is 1. The molecule has 1 amide bonds. The van der Waals surface area contributed by atoms with Crippen LogP contribution < -0.4 is 15.8 Å². The summed E-state index contributed by atoms with van der Waals surface area (Å²) in [5, 5.41) is 14.3. The van der Waals surface area contributed by atoms with E-state index in [4.69, 9.17) is 4.74 Å². The predicted molar refractivity (Wildman–Crippen MR) is 84.2 cm³/mol. The van der Waals surface area contributed by atoms with Crippen LogP contribution in [0.3, 0.4) is 0 Å². The van der Waals surface area contributed by atoms with Crippen LogP contribution in [0.15, 0.2) is 48.5 Å². The number of nitrogens with one attached hydrogen (secondary N) is 1. The molecule has 1 heterocycles. The lowest BCUT2D eigenvalue weighted by Gasteiger charge is -2.24. The average Bonchev–Trinajstić information content (AvgIpc) is 2.53. The average molecular weight is 295 g/mol. The highest BCUT2D eigenvalue weighted by atomic mass is 16.5. The molecular formula is C18H17NO3. The normalized spacial score (nSPS) is 16.2. The van der Waals surface area contributed by atoms with Gasteiger partial charge in [0.1, 0.15) is 11.9 Å². The number of benzene rings is 2. The van der Waals surface area contributed by atoms with Crippen LogP contribution in [0.4, 0.5) is 0 Å². The number of aromatic hydroxyl groups is 1. The van der Waals surface area contributed by atoms with E-state index in [1.807, 2.05) is 36.4 Å². The minimum atomic E-state index is -0.245. The zero-order chi connectivity index (χ0) is 15.5. The fraction of sp³-hybridized carbons (Fsp3) is 0.167. The molecule has 1 atom stereocenters. The van der Waals surface area contributed by atoms with Crippen molar-refractivity contribution in [3.63, 3.8) is 0 Å². The molecule has 0 fully saturated rings. The topological polar surface area (TPSA) is 58.6 Å². The van der Waals surface area contributed by atoms with Gasteiger partial charge in [-0.1, -0.05) is 36.4 Å². The first-order valence-electron chi connectivity index (χ1n) is 7.12. The monoisotopic (exact) mass is 295 g/mol. The molecule has 4 nitrogen and oxygen atoms in total. The van der Waals surface area contributed by atoms with E-state index < -0.39 is 0 Å². The van der Waals surface area contributed by atoms with Gasteiger partial charge in [-0.05, 0) is 22.9 Å². The van der Waals surface area contributed by atoms with Crippen LogP contribution in [-0.2, 0) is 9.53 Å². The predicted octanol–water partition coefficient (Wildman–Crippen LogP) is 1.19. The fourth-order valence-corrected chi connectivity index (χ4v) is 2.62. The van der Waals surface area contributed by atoms with Crippen molar-refractivity contribution in [2.24, 2.45) is 0 Å². The van der Waals surface area contributed by atoms with Gasteiger partial charge in [0.2, 0.25) is 5.91 Å². The molecule has 0 spiro atoms. The molecule has 2 aromatic rings. The van der Waals surface area contributed by atoms with Gasteiger partial charge in [-0.3, -0.25) is 4.79 Å². The number of carbonyl (C=O) groups excluding carboxylic acids is 1. The molecular weight excluding hydrogens is 278 g/mol. The lowest BCUT2D eigenvalue weighted by molar-refractivity contribution is -0.118. The minimum absolute atomic E-state index is 0.0887. The summed E-state index contributed by atoms with van der Waals surface area (Å²) in [6, 6.07) is 15.0. The Balaban J connectivity index is 2.13. The Morgan fingerprint density at radius 3 is 2.73 bits per heavy atom. The zero-order valence-electron chi connectivity index (χ0n) is 12.2. The van der Waals surface area contributed by atoms with Gasteiger partial charge >= 0.3 is 0 Å². The molecule has 0 saturated carbocycles. The Labute approximate surface area is 128 Å². The smallest absolute Gasteiger partial charge is 0.217 e. The number of carbonyl (C=O) groups is 1. The summed E-state index contributed by atoms with van der Waals surface area (Å²) in [7, 11) is 0. The largest absolute Gasteiger partial charge is 0.508 e. The molecule has 3 rings (SSSR count). The van der Waals surface area contributed by atoms with Gasteiger partial charge in [0.25, 0.3) is 0 Å². The molecule has 4 heteroatoms. The first kappa shape index (κ1) is 14.2. The first-order valence-corrected chi connectivity index (χ1v) is 7.12. The van der Waals surface area contributed by atoms with Crippen LogP contribution in [0.1, 0.15) is 18.6 Å². The van der Waals surface area contributed by atoms with Gasteiger partial charge in [0, 0.05) is 24.3 Å². The highest BCUT2D eigenvalue weighted by Gasteiger charge is 2.21. The molecule has 0 aliphatic carbocycles. The van der Waals surface area contributed by atoms with Crippen molar-refractivity contribution >= 4 is 17.7 Å². The maximum absolute atomic E-state index is 11.3. The van der Waals surface area contributed by atoms with Gasteiger partial charge in [-0.15, -0.1) is 0 Å². The van der Waals surface area contributed by atoms with Crippen molar-refractivity contribution in [2.75, 3.05) is 6.54 Å². The van der Waals surface area contributed by atoms with Gasteiger partial charge in [-0.2, -0.15) is 0 Å². The lowest BCUT2D eigenvalue weighted by atomic mass is 9.96. The van der Waals surface area contributed by atoms with Crippen molar-refractivity contribution < 1.29 is 14.6 Å². The molecule has 0 saturated heterocycles. The van der Waals surface area contributed by atoms with Gasteiger partial charge in [0.15, 0.2) is 0 Å². The molecule has 1 aliphatic heterocycles. The van der Waals surface area contributed by atoms with Crippen LogP contribution in [0.5, 0.6) is 5.75 Å². The summed E-state index contributed by atoms with van der Waals surface area (Å²) in [6.07, 6.45) is 1.41. The second-order valence-electron chi connectivity index (χ2n) is 5.25. The summed E-state index contributed by atoms with van der Waals surface area (Å²) in [5.74, 6) is 0.102. The molecule has 2 aromatic carbocycles. The number of hydrogen-bond acceptors (Lipinski definition) is 3. The van der Waals surface area contributed by atoms with E-state index in [1.165, 1.54) is 6.92 Å². The zero-order valence-corrected chi connectivity index (χ0v) is 12.2. The lowest BCUT2D eigenvalue weighted by Crippen LogP contribution is -2.37. The Morgan fingerprint density at radius 2 is 2.00 bits per heavy atom. The number of fused-ring (bicyclic) bond motifs is 1. The van der Waals surface area contributed by atoms with Crippen LogP contribution >= 0.6 is 0 Å². The van der Waals surface area contributed by atoms with E-state index in [0.29, 0.717) is 6.54 Å². The molecule has 1 unspecified atom stereocenters. The maximum Gasteiger partial charge on any atom is 0.217 e. The Hall–Kier alpha value is -2.75. The molecule has 2 N–H and O–H groups in total. The third-order valence-corrected chi connectivity index (χ3v) is 3.66. The number of hydrogen-bond donors (Lipinski definition) is 2. The highest BCUT2D eigenvalue weighted by molar-refractivity contribution is 5.75. The van der Waals surface area contributed by atoms with Crippen LogP contribution in [0, 0.1) is 0 Å². The number of ether oxygens (including phenoxy) is 1. The van der Waals surface area contributed by atoms with Crippen LogP contribution in [0.2, 0.25) is 0 Å². The molecule has 1 aliphatic rings. The van der Waals surface area contributed by atoms with Crippen molar-refractivity contribution in [3.05, 3.63) is 64.5 Å². The van der Waals surface area contributed by atoms with Crippen LogP contribution in [0.25, 0.3) is 11.8 Å². The third-order valence-electron chi connectivity index (χ3n) is 3.66. The quantitative estimate of drug-likeness (QED) is 0.894. The number of amides is 1. The Kier molecular flexibility index (Phi) is 3.83. The van der Waals surface area contributed by atoms with Crippen molar-refractivity contribution in [1.82, 2.24) is 5.32 Å². The second kappa shape index (κ2) is 5.93. The van der Waals surface area contributed by atoms with E-state index >= 15 is 0 Å². The molecule has 0 aromatic heterocycles. The fourth-order valence-electron chi connectivity index (χ4n) is 2.62. The third kappa shape index (κ3) is 2.81. The van der Waals surface area contributed by atoms with Gasteiger partial charge in [-0.25, -0.2) is 0 Å². The summed E-state index contributed by atoms with van der Waals surface area (Å²) >= 11 is 0. The molecule has 0 bridgehead atoms. The Bertz CT molecular complexity index is 812. The van der Waals surface area contributed by atoms with Gasteiger partial charge < -0.3 is 15.2 Å². The standard InChI is InChI=1S/C18H17NO3/c1-12(20)19-10-17-16-8-7-15(21)9-14(16)11-22-18(17)13-5-3-2-4-6-13/h2-9,11,18,21H,10H2,1H3,(H,19,20). The summed E-state index contributed by atoms with van der Waals surface area (Å²) < 4.78 is 5.87. The van der Waals surface area contributed by atoms with Crippen molar-refractivity contribution in [3.8, 4) is 5.75 Å². The minimum Gasteiger partial charge on any atom is -0.508 e. The molecule has 0 radical (unpaired) electrons. The highest BCUT2D eigenvalue weighted by Crippen LogP contribution is 2.27. The van der Waals surface area contributed by atoms with Gasteiger partial charge in [0.05, 0.1) is 6.26 Å². The summed E-state index contributed by atoms with van der Waals surface area (Å²) in [5.41, 5.74) is 2.00. The maximum atomic E-state index is 11.3. The number of rotatable bonds is 3. The molecule has 22 heavy (non-hydrogen) atoms. The summed E-state index contributed by atoms with van der Waals surface area (Å²) in [6.45, 7) is 1.89. The van der Waals surface area contributed by atoms with Crippen LogP contribution in [-0.4, -0.2) is 17.6 Å². The second-order valence-corrected chi connectivity index (χ2v) is 5.25. The summed E-state index contributed by atoms with van der Waals surface area (Å²) in [4.78, 5) is 11.3. The van der Waals surface area contributed by atoms with E-state index in [-0.39, 0.29) is 17.8 Å². The van der Waals surface area contributed by atoms with E-state index in [1.54, 1.807) is 18.4 Å². The molecule has 112 valence electrons. The first-order chi connectivity index (χ1) is 10.6. The van der Waals surface area contributed by atoms with E-state index in [2.05, 4.69) is 5.32 Å². The van der Waals surface area contributed by atoms with E-state index in [0.717, 1.165) is 21.6 Å². The van der Waals surface area contributed by atoms with Crippen molar-refractivity contribution in [1.29, 1.82) is 0 Å².